The lowest BCUT2D eigenvalue weighted by molar-refractivity contribution is -0.146. The van der Waals surface area contributed by atoms with Crippen LogP contribution in [0.15, 0.2) is 24.3 Å². The maximum Gasteiger partial charge on any atom is 0.344 e. The first-order valence-electron chi connectivity index (χ1n) is 11.8. The minimum Gasteiger partial charge on any atom is -0.482 e. The van der Waals surface area contributed by atoms with E-state index >= 15 is 0 Å². The minimum atomic E-state index is -2.54. The predicted molar refractivity (Wildman–Crippen MR) is 139 cm³/mol. The second kappa shape index (κ2) is 11.3. The molecule has 11 heteroatoms. The Bertz CT molecular complexity index is 761. The van der Waals surface area contributed by atoms with Gasteiger partial charge in [-0.25, -0.2) is 4.79 Å². The first-order chi connectivity index (χ1) is 15.1. The van der Waals surface area contributed by atoms with Gasteiger partial charge in [-0.3, -0.25) is 0 Å². The summed E-state index contributed by atoms with van der Waals surface area (Å²) >= 11 is 0. The quantitative estimate of drug-likeness (QED) is 0.228. The zero-order valence-corrected chi connectivity index (χ0v) is 25.8. The van der Waals surface area contributed by atoms with E-state index < -0.39 is 34.2 Å². The van der Waals surface area contributed by atoms with Crippen LogP contribution in [0.5, 0.6) is 5.75 Å². The first-order valence-corrected chi connectivity index (χ1v) is 22.8. The molecule has 0 radical (unpaired) electrons. The molecule has 1 atom stereocenters. The van der Waals surface area contributed by atoms with Crippen LogP contribution < -0.4 is 4.74 Å². The van der Waals surface area contributed by atoms with Gasteiger partial charge in [0.2, 0.25) is 0 Å². The molecule has 1 aromatic rings. The van der Waals surface area contributed by atoms with Crippen molar-refractivity contribution < 1.29 is 30.7 Å². The Morgan fingerprint density at radius 3 is 1.91 bits per heavy atom. The monoisotopic (exact) mass is 530 g/mol. The molecule has 1 unspecified atom stereocenters. The molecule has 0 saturated carbocycles. The molecule has 0 N–H and O–H groups in total. The lowest BCUT2D eigenvalue weighted by Gasteiger charge is -2.47. The van der Waals surface area contributed by atoms with Crippen LogP contribution in [0.3, 0.4) is 0 Å². The van der Waals surface area contributed by atoms with Gasteiger partial charge in [0, 0.05) is 0 Å². The van der Waals surface area contributed by atoms with Crippen molar-refractivity contribution in [1.82, 2.24) is 0 Å². The van der Waals surface area contributed by atoms with E-state index in [1.54, 1.807) is 0 Å². The topological polar surface area (TPSA) is 72.5 Å². The number of esters is 1. The Labute approximate surface area is 204 Å². The van der Waals surface area contributed by atoms with Crippen molar-refractivity contribution in [1.29, 1.82) is 0 Å². The van der Waals surface area contributed by atoms with Crippen LogP contribution in [0.4, 0.5) is 0 Å². The summed E-state index contributed by atoms with van der Waals surface area (Å²) in [5.74, 6) is 0.797. The van der Waals surface area contributed by atoms with Crippen LogP contribution in [-0.4, -0.2) is 53.4 Å². The van der Waals surface area contributed by atoms with Crippen molar-refractivity contribution in [3.63, 3.8) is 0 Å². The summed E-state index contributed by atoms with van der Waals surface area (Å²) in [5, 5.41) is 0. The van der Waals surface area contributed by atoms with Crippen LogP contribution in [0, 0.1) is 0 Å². The Morgan fingerprint density at radius 1 is 0.879 bits per heavy atom. The lowest BCUT2D eigenvalue weighted by atomic mass is 9.99. The normalized spacial score (nSPS) is 22.0. The molecular weight excluding hydrogens is 489 g/mol. The third kappa shape index (κ3) is 9.76. The van der Waals surface area contributed by atoms with E-state index in [-0.39, 0.29) is 12.6 Å². The van der Waals surface area contributed by atoms with E-state index in [9.17, 15) is 4.79 Å². The highest BCUT2D eigenvalue weighted by molar-refractivity contribution is 6.93. The standard InChI is InChI=1S/C22H42O7Si4/c1-10-19(2)20-12-14-21(15-13-20)25-18-22(23)24-16-11-17-33(9)28-31(5,6)26-30(3,4)27-32(7,8)29-33/h12-15,19H,10-11,16-18H2,1-9H3. The highest BCUT2D eigenvalue weighted by atomic mass is 28.5. The van der Waals surface area contributed by atoms with E-state index in [1.165, 1.54) is 5.56 Å². The van der Waals surface area contributed by atoms with Crippen LogP contribution in [0.1, 0.15) is 38.2 Å². The van der Waals surface area contributed by atoms with Crippen LogP contribution >= 0.6 is 0 Å². The zero-order valence-electron chi connectivity index (χ0n) is 21.8. The highest BCUT2D eigenvalue weighted by Gasteiger charge is 2.52. The largest absolute Gasteiger partial charge is 0.482 e. The molecule has 0 aromatic heterocycles. The van der Waals surface area contributed by atoms with E-state index in [1.807, 2.05) is 50.5 Å². The van der Waals surface area contributed by atoms with E-state index in [4.69, 9.17) is 25.9 Å². The Hall–Kier alpha value is -0.802. The smallest absolute Gasteiger partial charge is 0.344 e. The highest BCUT2D eigenvalue weighted by Crippen LogP contribution is 2.33. The summed E-state index contributed by atoms with van der Waals surface area (Å²) in [5.41, 5.74) is 1.27. The summed E-state index contributed by atoms with van der Waals surface area (Å²) in [6.45, 7) is 18.9. The molecule has 0 spiro atoms. The molecule has 2 rings (SSSR count). The molecule has 1 aliphatic heterocycles. The number of carbonyl (C=O) groups excluding carboxylic acids is 1. The first kappa shape index (κ1) is 28.4. The molecule has 0 aliphatic carbocycles. The third-order valence-electron chi connectivity index (χ3n) is 5.36. The minimum absolute atomic E-state index is 0.106. The predicted octanol–water partition coefficient (Wildman–Crippen LogP) is 5.77. The molecule has 7 nitrogen and oxygen atoms in total. The van der Waals surface area contributed by atoms with Gasteiger partial charge in [0.15, 0.2) is 6.61 Å². The van der Waals surface area contributed by atoms with Gasteiger partial charge in [0.1, 0.15) is 5.75 Å². The molecule has 1 aliphatic rings. The van der Waals surface area contributed by atoms with Gasteiger partial charge in [-0.15, -0.1) is 0 Å². The van der Waals surface area contributed by atoms with Crippen LogP contribution in [-0.2, 0) is 26.0 Å². The Kier molecular flexibility index (Phi) is 9.73. The van der Waals surface area contributed by atoms with Crippen molar-refractivity contribution in [2.75, 3.05) is 13.2 Å². The molecule has 1 fully saturated rings. The van der Waals surface area contributed by atoms with E-state index in [2.05, 4.69) is 33.5 Å². The number of benzene rings is 1. The number of hydrogen-bond acceptors (Lipinski definition) is 7. The molecule has 188 valence electrons. The fourth-order valence-corrected chi connectivity index (χ4v) is 25.9. The second-order valence-electron chi connectivity index (χ2n) is 10.2. The zero-order chi connectivity index (χ0) is 24.9. The molecular formula is C22H42O7Si4. The Balaban J connectivity index is 1.80. The maximum atomic E-state index is 12.1. The van der Waals surface area contributed by atoms with Crippen LogP contribution in [0.25, 0.3) is 0 Å². The van der Waals surface area contributed by atoms with Crippen LogP contribution in [0.2, 0.25) is 51.9 Å². The summed E-state index contributed by atoms with van der Waals surface area (Å²) in [6.07, 6.45) is 1.75. The summed E-state index contributed by atoms with van der Waals surface area (Å²) in [7, 11) is -9.60. The van der Waals surface area contributed by atoms with Gasteiger partial charge in [0.25, 0.3) is 0 Å². The maximum absolute atomic E-state index is 12.1. The average Bonchev–Trinajstić information content (AvgIpc) is 2.65. The van der Waals surface area contributed by atoms with Crippen molar-refractivity contribution in [2.24, 2.45) is 0 Å². The van der Waals surface area contributed by atoms with Crippen molar-refractivity contribution in [2.45, 2.75) is 84.5 Å². The SMILES string of the molecule is CCC(C)c1ccc(OCC(=O)OCCC[Si]2(C)O[Si](C)(C)O[Si](C)(C)O[Si](C)(C)O2)cc1. The van der Waals surface area contributed by atoms with Gasteiger partial charge >= 0.3 is 40.2 Å². The van der Waals surface area contributed by atoms with E-state index in [0.717, 1.165) is 6.42 Å². The molecule has 33 heavy (non-hydrogen) atoms. The fraction of sp³-hybridized carbons (Fsp3) is 0.682. The van der Waals surface area contributed by atoms with Crippen molar-refractivity contribution in [3.8, 4) is 5.75 Å². The van der Waals surface area contributed by atoms with Crippen molar-refractivity contribution in [3.05, 3.63) is 29.8 Å². The number of ether oxygens (including phenoxy) is 2. The van der Waals surface area contributed by atoms with Gasteiger partial charge < -0.3 is 25.9 Å². The number of hydrogen-bond donors (Lipinski definition) is 0. The van der Waals surface area contributed by atoms with Gasteiger partial charge in [-0.1, -0.05) is 26.0 Å². The van der Waals surface area contributed by atoms with Gasteiger partial charge in [-0.2, -0.15) is 0 Å². The molecule has 0 bridgehead atoms. The van der Waals surface area contributed by atoms with Crippen molar-refractivity contribution >= 4 is 40.2 Å². The summed E-state index contributed by atoms with van der Waals surface area (Å²) in [6, 6.07) is 8.59. The summed E-state index contributed by atoms with van der Waals surface area (Å²) < 4.78 is 36.8. The Morgan fingerprint density at radius 2 is 1.39 bits per heavy atom. The summed E-state index contributed by atoms with van der Waals surface area (Å²) in [4.78, 5) is 12.1. The number of rotatable bonds is 9. The molecule has 1 aromatic carbocycles. The fourth-order valence-electron chi connectivity index (χ4n) is 4.30. The lowest BCUT2D eigenvalue weighted by Crippen LogP contribution is -2.65. The average molecular weight is 531 g/mol. The molecule has 1 heterocycles. The number of carbonyl (C=O) groups is 1. The molecule has 1 saturated heterocycles. The van der Waals surface area contributed by atoms with E-state index in [0.29, 0.717) is 30.7 Å². The van der Waals surface area contributed by atoms with Gasteiger partial charge in [0.05, 0.1) is 6.61 Å². The van der Waals surface area contributed by atoms with Gasteiger partial charge in [-0.05, 0) is 88.3 Å². The third-order valence-corrected chi connectivity index (χ3v) is 21.9. The molecule has 0 amide bonds. The second-order valence-corrected chi connectivity index (χ2v) is 24.7.